The van der Waals surface area contributed by atoms with Crippen LogP contribution in [0.2, 0.25) is 0 Å². The summed E-state index contributed by atoms with van der Waals surface area (Å²) in [7, 11) is 0. The Balaban J connectivity index is 1.66. The molecule has 0 aromatic heterocycles. The fourth-order valence-electron chi connectivity index (χ4n) is 5.48. The first-order valence-corrected chi connectivity index (χ1v) is 7.92. The van der Waals surface area contributed by atoms with Crippen molar-refractivity contribution in [3.05, 3.63) is 0 Å². The summed E-state index contributed by atoms with van der Waals surface area (Å²) in [4.78, 5) is 0. The summed E-state index contributed by atoms with van der Waals surface area (Å²) in [6.07, 6.45) is 17.2. The molecule has 0 aliphatic heterocycles. The van der Waals surface area contributed by atoms with Gasteiger partial charge in [-0.3, -0.25) is 0 Å². The van der Waals surface area contributed by atoms with Crippen molar-refractivity contribution in [1.29, 1.82) is 0 Å². The van der Waals surface area contributed by atoms with Crippen LogP contribution in [0.4, 0.5) is 0 Å². The molecule has 0 radical (unpaired) electrons. The predicted octanol–water partition coefficient (Wildman–Crippen LogP) is 3.59. The number of hydrogen-bond donors (Lipinski definition) is 1. The Morgan fingerprint density at radius 1 is 1.17 bits per heavy atom. The first kappa shape index (κ1) is 12.5. The Bertz CT molecular complexity index is 303. The van der Waals surface area contributed by atoms with Crippen molar-refractivity contribution >= 4 is 0 Å². The van der Waals surface area contributed by atoms with Crippen molar-refractivity contribution < 1.29 is 0 Å². The lowest BCUT2D eigenvalue weighted by atomic mass is 9.48. The van der Waals surface area contributed by atoms with Gasteiger partial charge in [-0.25, -0.2) is 0 Å². The Hall–Kier alpha value is -0.480. The minimum absolute atomic E-state index is 0.321. The number of nitrogens with one attached hydrogen (secondary N) is 1. The number of terminal acetylenes is 1. The Morgan fingerprint density at radius 2 is 1.72 bits per heavy atom. The van der Waals surface area contributed by atoms with Crippen LogP contribution < -0.4 is 5.32 Å². The van der Waals surface area contributed by atoms with E-state index in [4.69, 9.17) is 6.42 Å². The maximum Gasteiger partial charge on any atom is 0.0692 e. The maximum atomic E-state index is 5.73. The minimum atomic E-state index is 0.321. The molecule has 0 spiro atoms. The smallest absolute Gasteiger partial charge is 0.0692 e. The quantitative estimate of drug-likeness (QED) is 0.730. The normalized spacial score (nSPS) is 42.8. The summed E-state index contributed by atoms with van der Waals surface area (Å²) >= 11 is 0. The van der Waals surface area contributed by atoms with Gasteiger partial charge in [0.15, 0.2) is 0 Å². The largest absolute Gasteiger partial charge is 0.304 e. The summed E-state index contributed by atoms with van der Waals surface area (Å²) in [6, 6.07) is 0.321. The molecule has 100 valence electrons. The van der Waals surface area contributed by atoms with Gasteiger partial charge < -0.3 is 5.32 Å². The van der Waals surface area contributed by atoms with E-state index < -0.39 is 0 Å². The van der Waals surface area contributed by atoms with E-state index in [1.807, 2.05) is 0 Å². The molecular weight excluding hydrogens is 218 g/mol. The summed E-state index contributed by atoms with van der Waals surface area (Å²) in [5, 5.41) is 3.56. The summed E-state index contributed by atoms with van der Waals surface area (Å²) in [6.45, 7) is 3.28. The standard InChI is InChI=1S/C17H27N/c1-3-5-18-16(4-2)12-17-9-13-6-14(10-17)8-15(7-13)11-17/h2,13-16,18H,3,5-12H2,1H3. The highest BCUT2D eigenvalue weighted by molar-refractivity contribution is 5.07. The lowest BCUT2D eigenvalue weighted by molar-refractivity contribution is -0.0594. The van der Waals surface area contributed by atoms with E-state index in [0.717, 1.165) is 24.3 Å². The fourth-order valence-corrected chi connectivity index (χ4v) is 5.48. The van der Waals surface area contributed by atoms with Gasteiger partial charge in [0.1, 0.15) is 0 Å². The van der Waals surface area contributed by atoms with E-state index in [1.165, 1.54) is 51.4 Å². The van der Waals surface area contributed by atoms with Crippen LogP contribution in [0.25, 0.3) is 0 Å². The van der Waals surface area contributed by atoms with Gasteiger partial charge in [-0.05, 0) is 81.1 Å². The maximum absolute atomic E-state index is 5.73. The van der Waals surface area contributed by atoms with Crippen LogP contribution >= 0.6 is 0 Å². The zero-order valence-corrected chi connectivity index (χ0v) is 11.8. The fraction of sp³-hybridized carbons (Fsp3) is 0.882. The summed E-state index contributed by atoms with van der Waals surface area (Å²) < 4.78 is 0. The second kappa shape index (κ2) is 4.89. The molecule has 0 amide bonds. The van der Waals surface area contributed by atoms with Crippen molar-refractivity contribution in [3.8, 4) is 12.3 Å². The highest BCUT2D eigenvalue weighted by Crippen LogP contribution is 2.61. The van der Waals surface area contributed by atoms with E-state index in [9.17, 15) is 0 Å². The summed E-state index contributed by atoms with van der Waals surface area (Å²) in [5.41, 5.74) is 0.618. The molecule has 0 saturated heterocycles. The monoisotopic (exact) mass is 245 g/mol. The molecule has 4 bridgehead atoms. The van der Waals surface area contributed by atoms with Crippen molar-refractivity contribution in [2.24, 2.45) is 23.2 Å². The number of rotatable bonds is 5. The molecule has 4 aliphatic rings. The molecule has 4 fully saturated rings. The molecule has 4 aliphatic carbocycles. The van der Waals surface area contributed by atoms with Crippen LogP contribution in [-0.4, -0.2) is 12.6 Å². The molecule has 0 aromatic carbocycles. The lowest BCUT2D eigenvalue weighted by Gasteiger charge is -2.57. The van der Waals surface area contributed by atoms with Crippen LogP contribution in [0.3, 0.4) is 0 Å². The van der Waals surface area contributed by atoms with Crippen molar-refractivity contribution in [1.82, 2.24) is 5.32 Å². The Kier molecular flexibility index (Phi) is 3.41. The van der Waals surface area contributed by atoms with Gasteiger partial charge in [0.05, 0.1) is 6.04 Å². The van der Waals surface area contributed by atoms with Crippen LogP contribution in [0.1, 0.15) is 58.3 Å². The molecule has 18 heavy (non-hydrogen) atoms. The van der Waals surface area contributed by atoms with Crippen LogP contribution in [0, 0.1) is 35.5 Å². The third-order valence-corrected chi connectivity index (χ3v) is 5.64. The van der Waals surface area contributed by atoms with Gasteiger partial charge in [-0.1, -0.05) is 12.8 Å². The van der Waals surface area contributed by atoms with Crippen molar-refractivity contribution in [3.63, 3.8) is 0 Å². The van der Waals surface area contributed by atoms with Gasteiger partial charge >= 0.3 is 0 Å². The molecule has 1 nitrogen and oxygen atoms in total. The molecule has 0 aromatic rings. The average Bonchev–Trinajstić information content (AvgIpc) is 2.32. The number of hydrogen-bond acceptors (Lipinski definition) is 1. The highest BCUT2D eigenvalue weighted by atomic mass is 14.9. The van der Waals surface area contributed by atoms with Crippen LogP contribution in [0.5, 0.6) is 0 Å². The molecule has 1 heteroatoms. The molecule has 4 saturated carbocycles. The zero-order chi connectivity index (χ0) is 12.6. The molecule has 1 atom stereocenters. The third-order valence-electron chi connectivity index (χ3n) is 5.64. The average molecular weight is 245 g/mol. The van der Waals surface area contributed by atoms with Crippen LogP contribution in [-0.2, 0) is 0 Å². The third kappa shape index (κ3) is 2.32. The predicted molar refractivity (Wildman–Crippen MR) is 76.1 cm³/mol. The van der Waals surface area contributed by atoms with Crippen molar-refractivity contribution in [2.45, 2.75) is 64.3 Å². The van der Waals surface area contributed by atoms with Gasteiger partial charge in [0.25, 0.3) is 0 Å². The molecule has 4 rings (SSSR count). The Morgan fingerprint density at radius 3 is 2.17 bits per heavy atom. The first-order chi connectivity index (χ1) is 8.73. The molecule has 1 unspecified atom stereocenters. The van der Waals surface area contributed by atoms with Gasteiger partial charge in [-0.15, -0.1) is 6.42 Å². The van der Waals surface area contributed by atoms with E-state index in [2.05, 4.69) is 18.2 Å². The van der Waals surface area contributed by atoms with E-state index in [0.29, 0.717) is 11.5 Å². The van der Waals surface area contributed by atoms with Crippen LogP contribution in [0.15, 0.2) is 0 Å². The Labute approximate surface area is 112 Å². The van der Waals surface area contributed by atoms with Gasteiger partial charge in [-0.2, -0.15) is 0 Å². The van der Waals surface area contributed by atoms with E-state index in [1.54, 1.807) is 0 Å². The molecular formula is C17H27N. The second-order valence-corrected chi connectivity index (χ2v) is 7.30. The van der Waals surface area contributed by atoms with Crippen molar-refractivity contribution in [2.75, 3.05) is 6.54 Å². The SMILES string of the molecule is C#CC(CC12CC3CC(CC(C3)C1)C2)NCCC. The van der Waals surface area contributed by atoms with E-state index >= 15 is 0 Å². The highest BCUT2D eigenvalue weighted by Gasteiger charge is 2.51. The minimum Gasteiger partial charge on any atom is -0.304 e. The molecule has 1 N–H and O–H groups in total. The topological polar surface area (TPSA) is 12.0 Å². The second-order valence-electron chi connectivity index (χ2n) is 7.30. The van der Waals surface area contributed by atoms with E-state index in [-0.39, 0.29) is 0 Å². The lowest BCUT2D eigenvalue weighted by Crippen LogP contribution is -2.48. The zero-order valence-electron chi connectivity index (χ0n) is 11.8. The van der Waals surface area contributed by atoms with Gasteiger partial charge in [0.2, 0.25) is 0 Å². The first-order valence-electron chi connectivity index (χ1n) is 7.92. The molecule has 0 heterocycles. The van der Waals surface area contributed by atoms with Gasteiger partial charge in [0, 0.05) is 0 Å². The summed E-state index contributed by atoms with van der Waals surface area (Å²) in [5.74, 6) is 6.13.